The van der Waals surface area contributed by atoms with Crippen molar-refractivity contribution in [1.82, 2.24) is 10.4 Å². The van der Waals surface area contributed by atoms with Gasteiger partial charge in [-0.25, -0.2) is 4.39 Å². The van der Waals surface area contributed by atoms with Crippen LogP contribution in [0.1, 0.15) is 50.7 Å². The number of amides is 2. The van der Waals surface area contributed by atoms with Crippen LogP contribution in [0.2, 0.25) is 10.0 Å². The zero-order chi connectivity index (χ0) is 27.1. The van der Waals surface area contributed by atoms with Crippen LogP contribution in [0.4, 0.5) is 10.1 Å². The predicted octanol–water partition coefficient (Wildman–Crippen LogP) is 5.20. The van der Waals surface area contributed by atoms with E-state index in [0.29, 0.717) is 34.5 Å². The highest BCUT2D eigenvalue weighted by Gasteiger charge is 2.69. The molecule has 0 aliphatic carbocycles. The maximum atomic E-state index is 14.9. The maximum Gasteiger partial charge on any atom is 0.244 e. The highest BCUT2D eigenvalue weighted by atomic mass is 35.5. The summed E-state index contributed by atoms with van der Waals surface area (Å²) < 4.78 is 14.9. The number of nitrogens with one attached hydrogen (secondary N) is 2. The number of halogens is 3. The standard InChI is InChI=1S/C27H28Cl2FN3O4/c1-26(2,3)14-21-27(17-12-19(30)18(29)13-20(17)32-25(27)36)22(15-7-6-8-16(28)11-15)23(33(21)37)24(35)31-9-4-5-10-34/h4,6-13,21-23,37H,5,14H2,1-3H3,(H,31,35)(H,32,36). The molecule has 4 atom stereocenters. The van der Waals surface area contributed by atoms with Crippen LogP contribution >= 0.6 is 23.2 Å². The summed E-state index contributed by atoms with van der Waals surface area (Å²) in [5.74, 6) is -2.75. The summed E-state index contributed by atoms with van der Waals surface area (Å²) in [4.78, 5) is 38.3. The number of hydrogen-bond acceptors (Lipinski definition) is 5. The largest absolute Gasteiger partial charge is 0.332 e. The van der Waals surface area contributed by atoms with Gasteiger partial charge < -0.3 is 20.6 Å². The molecule has 0 radical (unpaired) electrons. The van der Waals surface area contributed by atoms with Crippen molar-refractivity contribution < 1.29 is 24.0 Å². The third kappa shape index (κ3) is 4.79. The Balaban J connectivity index is 2.00. The van der Waals surface area contributed by atoms with Crippen LogP contribution in [0, 0.1) is 11.2 Å². The van der Waals surface area contributed by atoms with Crippen molar-refractivity contribution >= 4 is 47.0 Å². The number of fused-ring (bicyclic) bond motifs is 2. The zero-order valence-electron chi connectivity index (χ0n) is 20.6. The SMILES string of the molecule is CC(C)(C)CC1N(O)C(C(=O)NC=CCC=O)C(c2cccc(Cl)c2)C12C(=O)Nc1cc(Cl)c(F)cc12. The molecule has 3 N–H and O–H groups in total. The van der Waals surface area contributed by atoms with Crippen LogP contribution in [0.25, 0.3) is 0 Å². The molecule has 2 amide bonds. The van der Waals surface area contributed by atoms with Crippen LogP contribution in [-0.2, 0) is 19.8 Å². The Bertz CT molecular complexity index is 1280. The summed E-state index contributed by atoms with van der Waals surface area (Å²) in [7, 11) is 0. The number of allylic oxidation sites excluding steroid dienone is 1. The average molecular weight is 548 g/mol. The number of anilines is 1. The van der Waals surface area contributed by atoms with Crippen molar-refractivity contribution in [3.63, 3.8) is 0 Å². The molecule has 0 bridgehead atoms. The number of hydroxylamine groups is 2. The Morgan fingerprint density at radius 3 is 2.65 bits per heavy atom. The van der Waals surface area contributed by atoms with E-state index in [9.17, 15) is 24.0 Å². The molecule has 2 aliphatic rings. The Labute approximate surface area is 224 Å². The average Bonchev–Trinajstić information content (AvgIpc) is 3.22. The minimum Gasteiger partial charge on any atom is -0.332 e. The van der Waals surface area contributed by atoms with Gasteiger partial charge in [0.1, 0.15) is 23.6 Å². The number of carbonyl (C=O) groups is 3. The monoisotopic (exact) mass is 547 g/mol. The van der Waals surface area contributed by atoms with Gasteiger partial charge in [0.05, 0.1) is 11.1 Å². The lowest BCUT2D eigenvalue weighted by Gasteiger charge is -2.38. The van der Waals surface area contributed by atoms with E-state index in [0.717, 1.165) is 5.06 Å². The molecule has 1 saturated heterocycles. The third-order valence-corrected chi connectivity index (χ3v) is 7.45. The summed E-state index contributed by atoms with van der Waals surface area (Å²) in [6.45, 7) is 5.86. The van der Waals surface area contributed by atoms with Gasteiger partial charge in [-0.05, 0) is 47.2 Å². The van der Waals surface area contributed by atoms with Crippen molar-refractivity contribution in [2.75, 3.05) is 5.32 Å². The fourth-order valence-electron chi connectivity index (χ4n) is 5.59. The highest BCUT2D eigenvalue weighted by Crippen LogP contribution is 2.59. The molecule has 4 rings (SSSR count). The third-order valence-electron chi connectivity index (χ3n) is 6.92. The fraction of sp³-hybridized carbons (Fsp3) is 0.370. The lowest BCUT2D eigenvalue weighted by Crippen LogP contribution is -2.50. The van der Waals surface area contributed by atoms with Crippen molar-refractivity contribution in [3.8, 4) is 0 Å². The predicted molar refractivity (Wildman–Crippen MR) is 139 cm³/mol. The molecule has 37 heavy (non-hydrogen) atoms. The molecule has 1 spiro atoms. The first-order valence-electron chi connectivity index (χ1n) is 11.8. The van der Waals surface area contributed by atoms with E-state index in [2.05, 4.69) is 10.6 Å². The van der Waals surface area contributed by atoms with Crippen molar-refractivity contribution in [2.24, 2.45) is 5.41 Å². The number of nitrogens with zero attached hydrogens (tertiary/aromatic N) is 1. The van der Waals surface area contributed by atoms with E-state index in [1.165, 1.54) is 24.4 Å². The topological polar surface area (TPSA) is 98.7 Å². The summed E-state index contributed by atoms with van der Waals surface area (Å²) >= 11 is 12.4. The second kappa shape index (κ2) is 10.2. The van der Waals surface area contributed by atoms with Gasteiger partial charge in [-0.15, -0.1) is 0 Å². The van der Waals surface area contributed by atoms with E-state index in [1.807, 2.05) is 20.8 Å². The summed E-state index contributed by atoms with van der Waals surface area (Å²) in [6, 6.07) is 7.12. The van der Waals surface area contributed by atoms with Gasteiger partial charge in [0.2, 0.25) is 11.8 Å². The van der Waals surface area contributed by atoms with Gasteiger partial charge >= 0.3 is 0 Å². The van der Waals surface area contributed by atoms with E-state index in [1.54, 1.807) is 24.3 Å². The first kappa shape index (κ1) is 27.3. The molecule has 2 heterocycles. The molecule has 0 saturated carbocycles. The quantitative estimate of drug-likeness (QED) is 0.431. The number of hydrogen-bond donors (Lipinski definition) is 3. The molecule has 2 aliphatic heterocycles. The van der Waals surface area contributed by atoms with Gasteiger partial charge in [-0.3, -0.25) is 9.59 Å². The van der Waals surface area contributed by atoms with E-state index < -0.39 is 41.0 Å². The molecule has 2 aromatic rings. The van der Waals surface area contributed by atoms with E-state index in [4.69, 9.17) is 23.2 Å². The molecular formula is C27H28Cl2FN3O4. The van der Waals surface area contributed by atoms with Gasteiger partial charge in [-0.2, -0.15) is 5.06 Å². The van der Waals surface area contributed by atoms with E-state index in [-0.39, 0.29) is 16.9 Å². The van der Waals surface area contributed by atoms with Gasteiger partial charge in [-0.1, -0.05) is 62.2 Å². The first-order valence-corrected chi connectivity index (χ1v) is 12.6. The van der Waals surface area contributed by atoms with Crippen molar-refractivity contribution in [3.05, 3.63) is 75.7 Å². The summed E-state index contributed by atoms with van der Waals surface area (Å²) in [5.41, 5.74) is -0.784. The molecule has 7 nitrogen and oxygen atoms in total. The van der Waals surface area contributed by atoms with Gasteiger partial charge in [0.25, 0.3) is 0 Å². The molecule has 0 aromatic heterocycles. The Kier molecular flexibility index (Phi) is 7.50. The van der Waals surface area contributed by atoms with Crippen LogP contribution in [0.5, 0.6) is 0 Å². The Hall–Kier alpha value is -2.78. The van der Waals surface area contributed by atoms with Gasteiger partial charge in [0.15, 0.2) is 0 Å². The molecular weight excluding hydrogens is 520 g/mol. The molecule has 196 valence electrons. The zero-order valence-corrected chi connectivity index (χ0v) is 22.1. The maximum absolute atomic E-state index is 14.9. The summed E-state index contributed by atoms with van der Waals surface area (Å²) in [6.07, 6.45) is 3.86. The Morgan fingerprint density at radius 2 is 2.00 bits per heavy atom. The van der Waals surface area contributed by atoms with E-state index >= 15 is 0 Å². The smallest absolute Gasteiger partial charge is 0.244 e. The van der Waals surface area contributed by atoms with Crippen LogP contribution in [0.3, 0.4) is 0 Å². The minimum absolute atomic E-state index is 0.0952. The number of rotatable bonds is 6. The number of aldehydes is 1. The van der Waals surface area contributed by atoms with Crippen molar-refractivity contribution in [2.45, 2.75) is 57.0 Å². The second-order valence-corrected chi connectivity index (χ2v) is 11.4. The second-order valence-electron chi connectivity index (χ2n) is 10.6. The van der Waals surface area contributed by atoms with Crippen LogP contribution in [0.15, 0.2) is 48.7 Å². The Morgan fingerprint density at radius 1 is 1.27 bits per heavy atom. The molecule has 1 fully saturated rings. The molecule has 10 heteroatoms. The minimum atomic E-state index is -1.55. The highest BCUT2D eigenvalue weighted by molar-refractivity contribution is 6.31. The van der Waals surface area contributed by atoms with Crippen LogP contribution < -0.4 is 10.6 Å². The normalized spacial score (nSPS) is 25.5. The first-order chi connectivity index (χ1) is 17.4. The molecule has 2 aromatic carbocycles. The molecule has 4 unspecified atom stereocenters. The lowest BCUT2D eigenvalue weighted by molar-refractivity contribution is -0.164. The summed E-state index contributed by atoms with van der Waals surface area (Å²) in [5, 5.41) is 18.2. The number of benzene rings is 2. The van der Waals surface area contributed by atoms with Crippen molar-refractivity contribution in [1.29, 1.82) is 0 Å². The van der Waals surface area contributed by atoms with Crippen LogP contribution in [-0.4, -0.2) is 40.5 Å². The lowest BCUT2D eigenvalue weighted by atomic mass is 9.62. The fourth-order valence-corrected chi connectivity index (χ4v) is 5.96. The van der Waals surface area contributed by atoms with Gasteiger partial charge in [0, 0.05) is 29.2 Å². The number of carbonyl (C=O) groups excluding carboxylic acids is 3.